The molecule has 2 aromatic heterocycles. The molecule has 2 fully saturated rings. The lowest BCUT2D eigenvalue weighted by Gasteiger charge is -2.38. The molecular formula is C14H18N6OS. The van der Waals surface area contributed by atoms with E-state index in [-0.39, 0.29) is 5.91 Å². The minimum absolute atomic E-state index is 0.0984. The van der Waals surface area contributed by atoms with Crippen molar-refractivity contribution in [2.45, 2.75) is 19.3 Å². The Morgan fingerprint density at radius 2 is 2.18 bits per heavy atom. The number of nitrogens with zero attached hydrogens (tertiary/aromatic N) is 5. The first-order valence-corrected chi connectivity index (χ1v) is 8.46. The zero-order valence-corrected chi connectivity index (χ0v) is 13.1. The molecule has 0 bridgehead atoms. The van der Waals surface area contributed by atoms with E-state index in [1.807, 2.05) is 16.3 Å². The fourth-order valence-corrected chi connectivity index (χ4v) is 4.31. The third-order valence-corrected chi connectivity index (χ3v) is 5.77. The maximum absolute atomic E-state index is 12.8. The molecule has 22 heavy (non-hydrogen) atoms. The summed E-state index contributed by atoms with van der Waals surface area (Å²) in [7, 11) is 0. The normalized spacial score (nSPS) is 20.6. The monoisotopic (exact) mass is 318 g/mol. The van der Waals surface area contributed by atoms with Crippen molar-refractivity contribution in [2.75, 3.05) is 26.2 Å². The van der Waals surface area contributed by atoms with E-state index in [0.717, 1.165) is 44.7 Å². The second-order valence-corrected chi connectivity index (χ2v) is 7.02. The molecule has 0 radical (unpaired) electrons. The molecule has 4 heterocycles. The zero-order chi connectivity index (χ0) is 15.0. The summed E-state index contributed by atoms with van der Waals surface area (Å²) in [5.74, 6) is 0.0984. The third kappa shape index (κ3) is 2.32. The number of hydrogen-bond acceptors (Lipinski definition) is 6. The summed E-state index contributed by atoms with van der Waals surface area (Å²) < 4.78 is 1.55. The van der Waals surface area contributed by atoms with Gasteiger partial charge in [-0.15, -0.1) is 16.4 Å². The molecule has 0 aromatic carbocycles. The molecule has 8 heteroatoms. The van der Waals surface area contributed by atoms with Gasteiger partial charge in [0.1, 0.15) is 11.2 Å². The van der Waals surface area contributed by atoms with Crippen molar-refractivity contribution in [1.29, 1.82) is 0 Å². The van der Waals surface area contributed by atoms with Crippen molar-refractivity contribution in [3.63, 3.8) is 0 Å². The Kier molecular flexibility index (Phi) is 3.42. The smallest absolute Gasteiger partial charge is 0.266 e. The van der Waals surface area contributed by atoms with Gasteiger partial charge in [-0.3, -0.25) is 4.79 Å². The van der Waals surface area contributed by atoms with Crippen molar-refractivity contribution in [2.24, 2.45) is 5.41 Å². The molecule has 1 spiro atoms. The molecule has 2 aromatic rings. The summed E-state index contributed by atoms with van der Waals surface area (Å²) in [5, 5.41) is 16.5. The lowest BCUT2D eigenvalue weighted by molar-refractivity contribution is 0.0612. The molecule has 7 nitrogen and oxygen atoms in total. The molecule has 2 aliphatic rings. The van der Waals surface area contributed by atoms with Crippen LogP contribution in [0.3, 0.4) is 0 Å². The van der Waals surface area contributed by atoms with Gasteiger partial charge in [0.05, 0.1) is 5.69 Å². The minimum atomic E-state index is 0.0984. The van der Waals surface area contributed by atoms with Gasteiger partial charge >= 0.3 is 0 Å². The van der Waals surface area contributed by atoms with Crippen LogP contribution in [0.1, 0.15) is 28.9 Å². The van der Waals surface area contributed by atoms with E-state index >= 15 is 0 Å². The minimum Gasteiger partial charge on any atom is -0.338 e. The van der Waals surface area contributed by atoms with Crippen molar-refractivity contribution in [1.82, 2.24) is 30.4 Å². The van der Waals surface area contributed by atoms with Crippen LogP contribution in [0.2, 0.25) is 0 Å². The lowest BCUT2D eigenvalue weighted by Crippen LogP contribution is -2.44. The number of carbonyl (C=O) groups excluding carboxylic acids is 1. The Morgan fingerprint density at radius 3 is 2.86 bits per heavy atom. The topological polar surface area (TPSA) is 75.9 Å². The number of carbonyl (C=O) groups is 1. The standard InChI is InChI=1S/C14H18N6OS/c21-13(12-11(1-8-22-12)20-10-16-17-18-20)19-6-3-14(4-7-19)2-5-15-9-14/h1,8,10,15H,2-7,9H2. The van der Waals surface area contributed by atoms with Gasteiger partial charge in [0.25, 0.3) is 5.91 Å². The summed E-state index contributed by atoms with van der Waals surface area (Å²) in [5.41, 5.74) is 1.19. The van der Waals surface area contributed by atoms with Gasteiger partial charge in [0.2, 0.25) is 0 Å². The third-order valence-electron chi connectivity index (χ3n) is 4.88. The molecule has 0 saturated carbocycles. The Labute approximate surface area is 132 Å². The summed E-state index contributed by atoms with van der Waals surface area (Å²) in [6, 6.07) is 1.89. The summed E-state index contributed by atoms with van der Waals surface area (Å²) in [6.45, 7) is 3.90. The van der Waals surface area contributed by atoms with Crippen LogP contribution in [0.4, 0.5) is 0 Å². The SMILES string of the molecule is O=C(c1sccc1-n1cnnn1)N1CCC2(CCNC2)CC1. The largest absolute Gasteiger partial charge is 0.338 e. The Balaban J connectivity index is 1.50. The number of nitrogens with one attached hydrogen (secondary N) is 1. The summed E-state index contributed by atoms with van der Waals surface area (Å²) in [6.07, 6.45) is 4.95. The highest BCUT2D eigenvalue weighted by Crippen LogP contribution is 2.37. The second kappa shape index (κ2) is 5.44. The Bertz CT molecular complexity index is 651. The van der Waals surface area contributed by atoms with Gasteiger partial charge in [-0.2, -0.15) is 4.68 Å². The molecule has 1 amide bonds. The first-order chi connectivity index (χ1) is 10.8. The molecule has 2 saturated heterocycles. The van der Waals surface area contributed by atoms with Crippen LogP contribution < -0.4 is 5.32 Å². The Hall–Kier alpha value is -1.80. The summed E-state index contributed by atoms with van der Waals surface area (Å²) in [4.78, 5) is 15.5. The van der Waals surface area contributed by atoms with Crippen LogP contribution in [0.25, 0.3) is 5.69 Å². The van der Waals surface area contributed by atoms with Gasteiger partial charge in [-0.25, -0.2) is 0 Å². The molecule has 4 rings (SSSR count). The van der Waals surface area contributed by atoms with E-state index in [1.54, 1.807) is 4.68 Å². The van der Waals surface area contributed by atoms with E-state index in [1.165, 1.54) is 24.1 Å². The first-order valence-electron chi connectivity index (χ1n) is 7.58. The summed E-state index contributed by atoms with van der Waals surface area (Å²) >= 11 is 1.45. The predicted molar refractivity (Wildman–Crippen MR) is 82.1 cm³/mol. The number of rotatable bonds is 2. The quantitative estimate of drug-likeness (QED) is 0.892. The van der Waals surface area contributed by atoms with Gasteiger partial charge in [0.15, 0.2) is 0 Å². The highest BCUT2D eigenvalue weighted by atomic mass is 32.1. The number of tetrazole rings is 1. The average Bonchev–Trinajstić information content (AvgIpc) is 3.28. The number of amides is 1. The van der Waals surface area contributed by atoms with E-state index in [9.17, 15) is 4.79 Å². The molecule has 0 aliphatic carbocycles. The molecule has 1 N–H and O–H groups in total. The maximum atomic E-state index is 12.8. The second-order valence-electron chi connectivity index (χ2n) is 6.11. The van der Waals surface area contributed by atoms with Crippen LogP contribution >= 0.6 is 11.3 Å². The van der Waals surface area contributed by atoms with Crippen LogP contribution in [0.5, 0.6) is 0 Å². The van der Waals surface area contributed by atoms with Gasteiger partial charge < -0.3 is 10.2 Å². The van der Waals surface area contributed by atoms with Crippen molar-refractivity contribution in [3.8, 4) is 5.69 Å². The number of thiophene rings is 1. The molecule has 116 valence electrons. The maximum Gasteiger partial charge on any atom is 0.266 e. The molecular weight excluding hydrogens is 300 g/mol. The fourth-order valence-electron chi connectivity index (χ4n) is 3.46. The molecule has 0 atom stereocenters. The number of aromatic nitrogens is 4. The van der Waals surface area contributed by atoms with Gasteiger partial charge in [-0.1, -0.05) is 0 Å². The van der Waals surface area contributed by atoms with Gasteiger partial charge in [-0.05, 0) is 53.1 Å². The van der Waals surface area contributed by atoms with Crippen LogP contribution in [0, 0.1) is 5.41 Å². The number of piperidine rings is 1. The molecule has 2 aliphatic heterocycles. The van der Waals surface area contributed by atoms with Crippen molar-refractivity contribution < 1.29 is 4.79 Å². The zero-order valence-electron chi connectivity index (χ0n) is 12.2. The van der Waals surface area contributed by atoms with Crippen LogP contribution in [-0.2, 0) is 0 Å². The number of hydrogen-bond donors (Lipinski definition) is 1. The van der Waals surface area contributed by atoms with Crippen molar-refractivity contribution in [3.05, 3.63) is 22.7 Å². The number of likely N-dealkylation sites (tertiary alicyclic amines) is 1. The first kappa shape index (κ1) is 13.8. The predicted octanol–water partition coefficient (Wildman–Crippen LogP) is 0.939. The van der Waals surface area contributed by atoms with Gasteiger partial charge in [0, 0.05) is 19.6 Å². The van der Waals surface area contributed by atoms with E-state index in [4.69, 9.17) is 0 Å². The Morgan fingerprint density at radius 1 is 1.32 bits per heavy atom. The highest BCUT2D eigenvalue weighted by molar-refractivity contribution is 7.12. The highest BCUT2D eigenvalue weighted by Gasteiger charge is 2.38. The van der Waals surface area contributed by atoms with E-state index in [0.29, 0.717) is 10.3 Å². The van der Waals surface area contributed by atoms with E-state index < -0.39 is 0 Å². The van der Waals surface area contributed by atoms with E-state index in [2.05, 4.69) is 20.8 Å². The molecule has 0 unspecified atom stereocenters. The van der Waals surface area contributed by atoms with Crippen molar-refractivity contribution >= 4 is 17.2 Å². The fraction of sp³-hybridized carbons (Fsp3) is 0.571. The lowest BCUT2D eigenvalue weighted by atomic mass is 9.78. The van der Waals surface area contributed by atoms with Crippen LogP contribution in [0.15, 0.2) is 17.8 Å². The van der Waals surface area contributed by atoms with Crippen LogP contribution in [-0.4, -0.2) is 57.2 Å². The average molecular weight is 318 g/mol.